The number of carbonyl (C=O) groups excluding carboxylic acids is 1. The summed E-state index contributed by atoms with van der Waals surface area (Å²) >= 11 is 0. The molecule has 0 atom stereocenters. The lowest BCUT2D eigenvalue weighted by molar-refractivity contribution is -0.126. The molecule has 0 aromatic rings. The zero-order valence-electron chi connectivity index (χ0n) is 7.27. The fourth-order valence-electron chi connectivity index (χ4n) is 1.12. The molecule has 0 aliphatic rings. The van der Waals surface area contributed by atoms with Crippen molar-refractivity contribution in [3.8, 4) is 0 Å². The van der Waals surface area contributed by atoms with E-state index in [1.165, 1.54) is 0 Å². The van der Waals surface area contributed by atoms with Gasteiger partial charge in [0.2, 0.25) is 5.91 Å². The van der Waals surface area contributed by atoms with Crippen LogP contribution in [0.5, 0.6) is 0 Å². The summed E-state index contributed by atoms with van der Waals surface area (Å²) < 4.78 is 0. The highest BCUT2D eigenvalue weighted by Crippen LogP contribution is 2.23. The summed E-state index contributed by atoms with van der Waals surface area (Å²) in [6, 6.07) is 0. The Morgan fingerprint density at radius 3 is 2.10 bits per heavy atom. The smallest absolute Gasteiger partial charge is 0.223 e. The number of hydrogen-bond donors (Lipinski definition) is 1. The Labute approximate surface area is 64.3 Å². The van der Waals surface area contributed by atoms with E-state index in [0.29, 0.717) is 5.92 Å². The molecule has 2 nitrogen and oxygen atoms in total. The lowest BCUT2D eigenvalue weighted by Crippen LogP contribution is -2.32. The molecule has 10 heavy (non-hydrogen) atoms. The van der Waals surface area contributed by atoms with Gasteiger partial charge in [-0.25, -0.2) is 0 Å². The predicted molar refractivity (Wildman–Crippen MR) is 44.5 cm³/mol. The van der Waals surface area contributed by atoms with Crippen LogP contribution in [0, 0.1) is 11.3 Å². The third-order valence-electron chi connectivity index (χ3n) is 1.59. The molecule has 1 amide bonds. The first-order valence-electron chi connectivity index (χ1n) is 3.66. The van der Waals surface area contributed by atoms with Crippen LogP contribution in [0.3, 0.4) is 0 Å². The van der Waals surface area contributed by atoms with E-state index >= 15 is 0 Å². The van der Waals surface area contributed by atoms with E-state index < -0.39 is 0 Å². The van der Waals surface area contributed by atoms with Crippen molar-refractivity contribution in [2.24, 2.45) is 17.1 Å². The average molecular weight is 145 g/mol. The predicted octanol–water partition coefficient (Wildman–Crippen LogP) is 1.79. The molecule has 2 heteroatoms. The Hall–Kier alpha value is -0.530. The first kappa shape index (κ1) is 9.47. The van der Waals surface area contributed by atoms with E-state index in [0.717, 1.165) is 6.42 Å². The molecular formula is C8H19NO. The SMILES string of the molecule is CC(C)CC(C)(C)C(N)=O.[HH]. The van der Waals surface area contributed by atoms with E-state index in [2.05, 4.69) is 13.8 Å². The Morgan fingerprint density at radius 2 is 2.00 bits per heavy atom. The summed E-state index contributed by atoms with van der Waals surface area (Å²) in [6.07, 6.45) is 0.863. The van der Waals surface area contributed by atoms with E-state index in [1.54, 1.807) is 0 Å². The monoisotopic (exact) mass is 145 g/mol. The Morgan fingerprint density at radius 1 is 1.60 bits per heavy atom. The van der Waals surface area contributed by atoms with E-state index in [4.69, 9.17) is 5.73 Å². The highest BCUT2D eigenvalue weighted by molar-refractivity contribution is 5.79. The molecule has 0 aromatic heterocycles. The van der Waals surface area contributed by atoms with Crippen LogP contribution in [0.2, 0.25) is 0 Å². The summed E-state index contributed by atoms with van der Waals surface area (Å²) in [6.45, 7) is 7.94. The van der Waals surface area contributed by atoms with Crippen molar-refractivity contribution in [1.29, 1.82) is 0 Å². The zero-order chi connectivity index (χ0) is 8.36. The van der Waals surface area contributed by atoms with Crippen molar-refractivity contribution < 1.29 is 6.22 Å². The van der Waals surface area contributed by atoms with Crippen LogP contribution in [-0.2, 0) is 4.79 Å². The molecule has 0 aliphatic carbocycles. The van der Waals surface area contributed by atoms with Crippen LogP contribution >= 0.6 is 0 Å². The van der Waals surface area contributed by atoms with Crippen molar-refractivity contribution in [2.75, 3.05) is 0 Å². The normalized spacial score (nSPS) is 12.1. The third kappa shape index (κ3) is 2.85. The summed E-state index contributed by atoms with van der Waals surface area (Å²) in [4.78, 5) is 10.8. The van der Waals surface area contributed by atoms with E-state index in [9.17, 15) is 4.79 Å². The van der Waals surface area contributed by atoms with Gasteiger partial charge in [-0.15, -0.1) is 0 Å². The second-order valence-corrected chi connectivity index (χ2v) is 3.85. The summed E-state index contributed by atoms with van der Waals surface area (Å²) in [7, 11) is 0. The second-order valence-electron chi connectivity index (χ2n) is 3.85. The van der Waals surface area contributed by atoms with Gasteiger partial charge in [-0.2, -0.15) is 0 Å². The van der Waals surface area contributed by atoms with Crippen LogP contribution in [0.25, 0.3) is 0 Å². The van der Waals surface area contributed by atoms with Crippen molar-refractivity contribution in [3.63, 3.8) is 0 Å². The van der Waals surface area contributed by atoms with Crippen LogP contribution in [0.1, 0.15) is 35.5 Å². The van der Waals surface area contributed by atoms with Gasteiger partial charge in [-0.3, -0.25) is 4.79 Å². The van der Waals surface area contributed by atoms with Crippen LogP contribution in [0.15, 0.2) is 0 Å². The summed E-state index contributed by atoms with van der Waals surface area (Å²) in [5, 5.41) is 0. The average Bonchev–Trinajstić information content (AvgIpc) is 1.60. The van der Waals surface area contributed by atoms with Gasteiger partial charge in [0.25, 0.3) is 0 Å². The number of hydrogen-bond acceptors (Lipinski definition) is 1. The minimum atomic E-state index is -0.339. The lowest BCUT2D eigenvalue weighted by atomic mass is 9.83. The van der Waals surface area contributed by atoms with Crippen molar-refractivity contribution >= 4 is 5.91 Å². The zero-order valence-corrected chi connectivity index (χ0v) is 7.27. The molecule has 0 fully saturated rings. The molecule has 0 aliphatic heterocycles. The Bertz CT molecular complexity index is 132. The lowest BCUT2D eigenvalue weighted by Gasteiger charge is -2.22. The molecule has 0 saturated heterocycles. The maximum Gasteiger partial charge on any atom is 0.223 e. The van der Waals surface area contributed by atoms with Crippen LogP contribution < -0.4 is 5.73 Å². The molecular weight excluding hydrogens is 126 g/mol. The van der Waals surface area contributed by atoms with Crippen molar-refractivity contribution in [3.05, 3.63) is 0 Å². The highest BCUT2D eigenvalue weighted by Gasteiger charge is 2.25. The first-order chi connectivity index (χ1) is 4.36. The Kier molecular flexibility index (Phi) is 2.88. The van der Waals surface area contributed by atoms with Gasteiger partial charge in [0.15, 0.2) is 0 Å². The van der Waals surface area contributed by atoms with Gasteiger partial charge in [-0.05, 0) is 12.3 Å². The topological polar surface area (TPSA) is 43.1 Å². The number of carbonyl (C=O) groups is 1. The standard InChI is InChI=1S/C8H17NO.H2/c1-6(2)5-8(3,4)7(9)10;/h6H,5H2,1-4H3,(H2,9,10);1H. The van der Waals surface area contributed by atoms with Crippen LogP contribution in [0.4, 0.5) is 0 Å². The molecule has 0 unspecified atom stereocenters. The van der Waals surface area contributed by atoms with Gasteiger partial charge < -0.3 is 5.73 Å². The van der Waals surface area contributed by atoms with Crippen LogP contribution in [-0.4, -0.2) is 5.91 Å². The maximum atomic E-state index is 10.8. The first-order valence-corrected chi connectivity index (χ1v) is 3.66. The second kappa shape index (κ2) is 3.04. The summed E-state index contributed by atoms with van der Waals surface area (Å²) in [5.74, 6) is 0.323. The molecule has 62 valence electrons. The fraction of sp³-hybridized carbons (Fsp3) is 0.875. The molecule has 0 radical (unpaired) electrons. The molecule has 0 spiro atoms. The van der Waals surface area contributed by atoms with Gasteiger partial charge in [0.1, 0.15) is 0 Å². The van der Waals surface area contributed by atoms with Gasteiger partial charge in [-0.1, -0.05) is 27.7 Å². The summed E-state index contributed by atoms with van der Waals surface area (Å²) in [5.41, 5.74) is 4.84. The minimum Gasteiger partial charge on any atom is -0.369 e. The minimum absolute atomic E-state index is 0. The Balaban J connectivity index is 0. The number of primary amides is 1. The maximum absolute atomic E-state index is 10.8. The fourth-order valence-corrected chi connectivity index (χ4v) is 1.12. The quantitative estimate of drug-likeness (QED) is 0.646. The molecule has 0 rings (SSSR count). The number of rotatable bonds is 3. The molecule has 0 heterocycles. The third-order valence-corrected chi connectivity index (χ3v) is 1.59. The molecule has 0 bridgehead atoms. The van der Waals surface area contributed by atoms with Crippen molar-refractivity contribution in [2.45, 2.75) is 34.1 Å². The van der Waals surface area contributed by atoms with Gasteiger partial charge >= 0.3 is 0 Å². The largest absolute Gasteiger partial charge is 0.369 e. The van der Waals surface area contributed by atoms with Gasteiger partial charge in [0, 0.05) is 6.84 Å². The van der Waals surface area contributed by atoms with E-state index in [-0.39, 0.29) is 12.7 Å². The molecule has 2 N–H and O–H groups in total. The van der Waals surface area contributed by atoms with E-state index in [1.807, 2.05) is 13.8 Å². The molecule has 0 aromatic carbocycles. The highest BCUT2D eigenvalue weighted by atomic mass is 16.1. The van der Waals surface area contributed by atoms with Gasteiger partial charge in [0.05, 0.1) is 0 Å². The number of nitrogens with two attached hydrogens (primary N) is 1. The molecule has 0 saturated carbocycles. The number of amides is 1. The van der Waals surface area contributed by atoms with Crippen molar-refractivity contribution in [1.82, 2.24) is 0 Å².